The third kappa shape index (κ3) is 10.2. The molecule has 11 atom stereocenters. The van der Waals surface area contributed by atoms with Gasteiger partial charge in [0.25, 0.3) is 0 Å². The Morgan fingerprint density at radius 2 is 1.55 bits per heavy atom. The average Bonchev–Trinajstić information content (AvgIpc) is 3.26. The highest BCUT2D eigenvalue weighted by Gasteiger charge is 2.77. The minimum atomic E-state index is -2.25. The van der Waals surface area contributed by atoms with Crippen LogP contribution in [0.1, 0.15) is 110 Å². The van der Waals surface area contributed by atoms with Crippen molar-refractivity contribution in [3.63, 3.8) is 0 Å². The van der Waals surface area contributed by atoms with Crippen LogP contribution in [0.5, 0.6) is 0 Å². The largest absolute Gasteiger partial charge is 0.456 e. The molecule has 1 saturated heterocycles. The van der Waals surface area contributed by atoms with Crippen molar-refractivity contribution in [3.8, 4) is 0 Å². The molecule has 1 amide bonds. The Morgan fingerprint density at radius 3 is 2.10 bits per heavy atom. The summed E-state index contributed by atoms with van der Waals surface area (Å²) in [5.74, 6) is -7.55. The van der Waals surface area contributed by atoms with Gasteiger partial charge < -0.3 is 44.3 Å². The number of carbonyl (C=O) groups is 7. The second kappa shape index (κ2) is 19.8. The summed E-state index contributed by atoms with van der Waals surface area (Å²) in [6, 6.07) is 15.0. The number of ether oxygens (including phenoxy) is 5. The van der Waals surface area contributed by atoms with Gasteiger partial charge in [0.2, 0.25) is 0 Å². The maximum absolute atomic E-state index is 16.0. The van der Waals surface area contributed by atoms with Gasteiger partial charge in [0, 0.05) is 54.9 Å². The Hall–Kier alpha value is -5.33. The van der Waals surface area contributed by atoms with Gasteiger partial charge in [-0.1, -0.05) is 88.4 Å². The van der Waals surface area contributed by atoms with Crippen molar-refractivity contribution in [2.45, 2.75) is 142 Å². The zero-order chi connectivity index (χ0) is 51.2. The normalized spacial score (nSPS) is 30.3. The van der Waals surface area contributed by atoms with Crippen LogP contribution in [0.4, 0.5) is 4.79 Å². The molecule has 17 nitrogen and oxygen atoms in total. The van der Waals surface area contributed by atoms with Gasteiger partial charge in [-0.2, -0.15) is 0 Å². The second-order valence-electron chi connectivity index (χ2n) is 21.2. The van der Waals surface area contributed by atoms with Gasteiger partial charge >= 0.3 is 24.0 Å². The van der Waals surface area contributed by atoms with E-state index in [9.17, 15) is 44.1 Å². The van der Waals surface area contributed by atoms with Gasteiger partial charge in [0.15, 0.2) is 29.4 Å². The Kier molecular flexibility index (Phi) is 15.2. The van der Waals surface area contributed by atoms with E-state index in [1.54, 1.807) is 109 Å². The standard InChI is InChI=1S/C52H68N2O15/c1-28(2)35(57)25-54(11)26-39(59)67-43-40-29(3)36(66-46(62)42(60)41(32-20-16-13-17-21-32)53-47(63)69-48(5,6)7)24-52(64,49(40,8)9)33(22-34(56)31-18-14-12-15-19-31)44-50(10,45(43)61)37(58)23-38-51(44,27-65-38)68-30(4)55/h12-21,28,33,36-38,41-44,58,60,64H,22-27H2,1-11H3,(H,53,63)/t33-,36-,37-,38+,41-,42+,43+,44-,50+,51-,52+/m0/s1. The van der Waals surface area contributed by atoms with Crippen molar-refractivity contribution in [2.75, 3.05) is 26.7 Å². The van der Waals surface area contributed by atoms with E-state index in [0.717, 1.165) is 0 Å². The summed E-state index contributed by atoms with van der Waals surface area (Å²) in [5.41, 5.74) is -7.82. The molecule has 17 heteroatoms. The predicted octanol–water partition coefficient (Wildman–Crippen LogP) is 4.63. The minimum absolute atomic E-state index is 0.00634. The van der Waals surface area contributed by atoms with Crippen LogP contribution >= 0.6 is 0 Å². The van der Waals surface area contributed by atoms with Crippen molar-refractivity contribution in [2.24, 2.45) is 28.6 Å². The summed E-state index contributed by atoms with van der Waals surface area (Å²) in [6.45, 7) is 14.9. The minimum Gasteiger partial charge on any atom is -0.456 e. The molecule has 69 heavy (non-hydrogen) atoms. The van der Waals surface area contributed by atoms with Crippen molar-refractivity contribution >= 4 is 41.4 Å². The number of nitrogens with zero attached hydrogens (tertiary/aromatic N) is 1. The zero-order valence-electron chi connectivity index (χ0n) is 41.4. The van der Waals surface area contributed by atoms with E-state index in [1.807, 2.05) is 0 Å². The van der Waals surface area contributed by atoms with Crippen molar-refractivity contribution in [3.05, 3.63) is 82.9 Å². The Balaban J connectivity index is 1.55. The van der Waals surface area contributed by atoms with E-state index in [1.165, 1.54) is 32.7 Å². The lowest BCUT2D eigenvalue weighted by Crippen LogP contribution is -2.80. The molecule has 2 saturated carbocycles. The van der Waals surface area contributed by atoms with Crippen LogP contribution in [-0.2, 0) is 47.7 Å². The van der Waals surface area contributed by atoms with Gasteiger partial charge in [-0.25, -0.2) is 9.59 Å². The van der Waals surface area contributed by atoms with E-state index in [0.29, 0.717) is 5.56 Å². The van der Waals surface area contributed by atoms with E-state index in [-0.39, 0.29) is 48.0 Å². The van der Waals surface area contributed by atoms with E-state index >= 15 is 4.79 Å². The predicted molar refractivity (Wildman–Crippen MR) is 248 cm³/mol. The Bertz CT molecular complexity index is 2340. The number of fused-ring (bicyclic) bond motifs is 5. The number of esters is 3. The topological polar surface area (TPSA) is 242 Å². The van der Waals surface area contributed by atoms with E-state index in [4.69, 9.17) is 23.7 Å². The Labute approximate surface area is 403 Å². The summed E-state index contributed by atoms with van der Waals surface area (Å²) in [4.78, 5) is 99.8. The summed E-state index contributed by atoms with van der Waals surface area (Å²) in [6.07, 6.45) is -10.1. The quantitative estimate of drug-likeness (QED) is 0.0823. The lowest BCUT2D eigenvalue weighted by Gasteiger charge is -2.68. The molecular weight excluding hydrogens is 893 g/mol. The highest BCUT2D eigenvalue weighted by molar-refractivity contribution is 5.98. The molecule has 1 heterocycles. The molecular formula is C52H68N2O15. The number of Topliss-reactive ketones (excluding diaryl/α,β-unsaturated/α-hetero) is 3. The molecule has 4 aliphatic rings. The lowest BCUT2D eigenvalue weighted by molar-refractivity contribution is -0.339. The molecule has 0 radical (unpaired) electrons. The van der Waals surface area contributed by atoms with Crippen LogP contribution < -0.4 is 5.32 Å². The van der Waals surface area contributed by atoms with Crippen LogP contribution in [0.3, 0.4) is 0 Å². The number of rotatable bonds is 15. The van der Waals surface area contributed by atoms with Gasteiger partial charge in [0.05, 0.1) is 42.9 Å². The molecule has 376 valence electrons. The number of likely N-dealkylation sites (N-methyl/N-ethyl adjacent to an activating group) is 1. The molecule has 0 unspecified atom stereocenters. The van der Waals surface area contributed by atoms with Crippen molar-refractivity contribution in [1.82, 2.24) is 10.2 Å². The number of carbonyl (C=O) groups excluding carboxylic acids is 7. The fraction of sp³-hybridized carbons (Fsp3) is 0.596. The summed E-state index contributed by atoms with van der Waals surface area (Å²) in [7, 11) is 1.53. The summed E-state index contributed by atoms with van der Waals surface area (Å²) in [5, 5.41) is 40.8. The Morgan fingerprint density at radius 1 is 0.942 bits per heavy atom. The average molecular weight is 961 g/mol. The number of hydrogen-bond donors (Lipinski definition) is 4. The van der Waals surface area contributed by atoms with Gasteiger partial charge in [-0.15, -0.1) is 0 Å². The number of benzene rings is 2. The first-order valence-electron chi connectivity index (χ1n) is 23.5. The van der Waals surface area contributed by atoms with Gasteiger partial charge in [-0.3, -0.25) is 28.9 Å². The third-order valence-electron chi connectivity index (χ3n) is 14.8. The maximum Gasteiger partial charge on any atom is 0.408 e. The number of aliphatic hydroxyl groups is 3. The molecule has 6 rings (SSSR count). The first kappa shape index (κ1) is 53.0. The number of hydrogen-bond acceptors (Lipinski definition) is 16. The van der Waals surface area contributed by atoms with Crippen molar-refractivity contribution in [1.29, 1.82) is 0 Å². The fourth-order valence-corrected chi connectivity index (χ4v) is 11.2. The zero-order valence-corrected chi connectivity index (χ0v) is 41.4. The monoisotopic (exact) mass is 960 g/mol. The van der Waals surface area contributed by atoms with Crippen LogP contribution in [0, 0.1) is 28.6 Å². The van der Waals surface area contributed by atoms with Crippen molar-refractivity contribution < 1.29 is 72.6 Å². The third-order valence-corrected chi connectivity index (χ3v) is 14.8. The fourth-order valence-electron chi connectivity index (χ4n) is 11.2. The van der Waals surface area contributed by atoms with Crippen LogP contribution in [0.2, 0.25) is 0 Å². The number of alkyl carbamates (subject to hydrolysis) is 1. The molecule has 4 N–H and O–H groups in total. The van der Waals surface area contributed by atoms with Crippen LogP contribution in [-0.4, -0.2) is 136 Å². The first-order valence-corrected chi connectivity index (χ1v) is 23.5. The highest BCUT2D eigenvalue weighted by atomic mass is 16.6. The van der Waals surface area contributed by atoms with E-state index < -0.39 is 131 Å². The second-order valence-corrected chi connectivity index (χ2v) is 21.2. The molecule has 2 bridgehead atoms. The molecule has 0 aromatic heterocycles. The SMILES string of the molecule is CC(=O)O[C@@]12CO[C@@H]1C[C@H](O)[C@@]1(C)C(=O)[C@H](OC(=O)CN(C)CC(=O)C(C)C)C3=C(C)[C@@H](OC(=O)[C@H](O)[C@@H](NC(=O)OC(C)(C)C)c4ccccc4)C[C@@](O)([C@@H](CC(=O)c4ccccc4)[C@H]21)C3(C)C. The van der Waals surface area contributed by atoms with Crippen LogP contribution in [0.15, 0.2) is 71.8 Å². The number of ketones is 3. The maximum atomic E-state index is 16.0. The smallest absolute Gasteiger partial charge is 0.408 e. The summed E-state index contributed by atoms with van der Waals surface area (Å²) < 4.78 is 30.1. The van der Waals surface area contributed by atoms with Gasteiger partial charge in [-0.05, 0) is 58.4 Å². The first-order chi connectivity index (χ1) is 32.1. The summed E-state index contributed by atoms with van der Waals surface area (Å²) >= 11 is 0. The molecule has 3 aliphatic carbocycles. The number of aliphatic hydroxyl groups excluding tert-OH is 2. The van der Waals surface area contributed by atoms with Gasteiger partial charge in [0.1, 0.15) is 23.6 Å². The molecule has 2 aromatic carbocycles. The van der Waals surface area contributed by atoms with Crippen LogP contribution in [0.25, 0.3) is 0 Å². The molecule has 0 spiro atoms. The molecule has 3 fully saturated rings. The number of nitrogens with one attached hydrogen (secondary N) is 1. The molecule has 2 aromatic rings. The molecule has 1 aliphatic heterocycles. The van der Waals surface area contributed by atoms with E-state index in [2.05, 4.69) is 5.32 Å². The lowest BCUT2D eigenvalue weighted by atomic mass is 9.41. The highest BCUT2D eigenvalue weighted by Crippen LogP contribution is 2.66. The number of amides is 1.